The van der Waals surface area contributed by atoms with Crippen molar-refractivity contribution in [1.82, 2.24) is 15.3 Å². The lowest BCUT2D eigenvalue weighted by Crippen LogP contribution is -2.31. The molecule has 1 fully saturated rings. The van der Waals surface area contributed by atoms with E-state index in [1.54, 1.807) is 25.1 Å². The number of carbonyl (C=O) groups excluding carboxylic acids is 1. The molecule has 0 spiro atoms. The maximum Gasteiger partial charge on any atom is 0.251 e. The first-order valence-corrected chi connectivity index (χ1v) is 9.81. The van der Waals surface area contributed by atoms with Crippen LogP contribution in [0.2, 0.25) is 0 Å². The fraction of sp³-hybridized carbons (Fsp3) is 0.261. The number of carbonyl (C=O) groups is 1. The average Bonchev–Trinajstić information content (AvgIpc) is 3.55. The van der Waals surface area contributed by atoms with Gasteiger partial charge in [0, 0.05) is 24.0 Å². The fourth-order valence-electron chi connectivity index (χ4n) is 3.32. The third kappa shape index (κ3) is 4.62. The van der Waals surface area contributed by atoms with Gasteiger partial charge in [0.2, 0.25) is 0 Å². The number of hydrogen-bond donors (Lipinski definition) is 2. The van der Waals surface area contributed by atoms with Crippen molar-refractivity contribution in [2.24, 2.45) is 0 Å². The van der Waals surface area contributed by atoms with Crippen LogP contribution in [-0.2, 0) is 6.42 Å². The van der Waals surface area contributed by atoms with E-state index in [1.165, 1.54) is 30.3 Å². The number of rotatable bonds is 6. The molecule has 2 N–H and O–H groups in total. The largest absolute Gasteiger partial charge is 0.345 e. The van der Waals surface area contributed by atoms with E-state index in [4.69, 9.17) is 0 Å². The van der Waals surface area contributed by atoms with Crippen molar-refractivity contribution in [3.63, 3.8) is 0 Å². The average molecular weight is 409 g/mol. The van der Waals surface area contributed by atoms with Gasteiger partial charge in [-0.25, -0.2) is 13.8 Å². The molecule has 3 aromatic rings. The second kappa shape index (κ2) is 8.18. The summed E-state index contributed by atoms with van der Waals surface area (Å²) < 4.78 is 27.3. The Morgan fingerprint density at radius 1 is 1.17 bits per heavy atom. The molecule has 5 nitrogen and oxygen atoms in total. The zero-order valence-corrected chi connectivity index (χ0v) is 16.4. The molecule has 4 rings (SSSR count). The van der Waals surface area contributed by atoms with Gasteiger partial charge < -0.3 is 10.3 Å². The van der Waals surface area contributed by atoms with Crippen LogP contribution in [0, 0.1) is 18.6 Å². The number of benzene rings is 2. The Balaban J connectivity index is 1.63. The molecule has 2 aromatic carbocycles. The summed E-state index contributed by atoms with van der Waals surface area (Å²) in [5.41, 5.74) is 1.58. The molecule has 1 aromatic heterocycles. The highest BCUT2D eigenvalue weighted by molar-refractivity contribution is 5.94. The maximum absolute atomic E-state index is 13.9. The van der Waals surface area contributed by atoms with E-state index in [2.05, 4.69) is 15.3 Å². The number of nitrogens with zero attached hydrogens (tertiary/aromatic N) is 1. The monoisotopic (exact) mass is 409 g/mol. The number of nitrogens with one attached hydrogen (secondary N) is 2. The number of aryl methyl sites for hydroxylation is 1. The van der Waals surface area contributed by atoms with E-state index in [0.29, 0.717) is 22.6 Å². The van der Waals surface area contributed by atoms with Crippen LogP contribution in [0.4, 0.5) is 8.78 Å². The number of halogens is 2. The van der Waals surface area contributed by atoms with Crippen LogP contribution < -0.4 is 10.9 Å². The van der Waals surface area contributed by atoms with Crippen LogP contribution >= 0.6 is 0 Å². The Kier molecular flexibility index (Phi) is 5.44. The Hall–Kier alpha value is -3.35. The molecular formula is C23H21F2N3O2. The summed E-state index contributed by atoms with van der Waals surface area (Å²) in [6, 6.07) is 10.9. The summed E-state index contributed by atoms with van der Waals surface area (Å²) >= 11 is 0. The van der Waals surface area contributed by atoms with E-state index in [-0.39, 0.29) is 23.5 Å². The Labute approximate surface area is 172 Å². The lowest BCUT2D eigenvalue weighted by atomic mass is 10.0. The van der Waals surface area contributed by atoms with Crippen LogP contribution in [0.5, 0.6) is 0 Å². The van der Waals surface area contributed by atoms with Crippen LogP contribution in [0.3, 0.4) is 0 Å². The van der Waals surface area contributed by atoms with Crippen molar-refractivity contribution in [3.05, 3.63) is 98.7 Å². The van der Waals surface area contributed by atoms with Crippen LogP contribution in [0.25, 0.3) is 0 Å². The van der Waals surface area contributed by atoms with Gasteiger partial charge in [-0.15, -0.1) is 0 Å². The Bertz CT molecular complexity index is 1140. The maximum atomic E-state index is 13.9. The molecular weight excluding hydrogens is 388 g/mol. The molecule has 0 radical (unpaired) electrons. The lowest BCUT2D eigenvalue weighted by molar-refractivity contribution is 0.0936. The lowest BCUT2D eigenvalue weighted by Gasteiger charge is -2.19. The van der Waals surface area contributed by atoms with Gasteiger partial charge in [-0.2, -0.15) is 0 Å². The van der Waals surface area contributed by atoms with Gasteiger partial charge in [-0.05, 0) is 55.2 Å². The van der Waals surface area contributed by atoms with Gasteiger partial charge in [0.1, 0.15) is 17.5 Å². The fourth-order valence-corrected chi connectivity index (χ4v) is 3.32. The van der Waals surface area contributed by atoms with Crippen molar-refractivity contribution in [1.29, 1.82) is 0 Å². The predicted molar refractivity (Wildman–Crippen MR) is 108 cm³/mol. The predicted octanol–water partition coefficient (Wildman–Crippen LogP) is 3.95. The van der Waals surface area contributed by atoms with E-state index in [9.17, 15) is 18.4 Å². The van der Waals surface area contributed by atoms with E-state index < -0.39 is 23.6 Å². The minimum Gasteiger partial charge on any atom is -0.345 e. The molecule has 0 saturated heterocycles. The van der Waals surface area contributed by atoms with E-state index in [1.807, 2.05) is 0 Å². The van der Waals surface area contributed by atoms with Gasteiger partial charge in [0.25, 0.3) is 11.5 Å². The molecule has 1 heterocycles. The van der Waals surface area contributed by atoms with Crippen molar-refractivity contribution >= 4 is 5.91 Å². The van der Waals surface area contributed by atoms with Crippen LogP contribution in [-0.4, -0.2) is 15.9 Å². The third-order valence-corrected chi connectivity index (χ3v) is 5.20. The summed E-state index contributed by atoms with van der Waals surface area (Å²) in [7, 11) is 0. The molecule has 154 valence electrons. The second-order valence-electron chi connectivity index (χ2n) is 7.64. The van der Waals surface area contributed by atoms with Gasteiger partial charge in [0.15, 0.2) is 0 Å². The minimum absolute atomic E-state index is 0.183. The SMILES string of the molecule is Cc1ccc(C(=O)N[C@@H](Cc2cc(=O)[nH]c(C3CC3)n2)c2ccc(F)cc2)cc1F. The highest BCUT2D eigenvalue weighted by atomic mass is 19.1. The normalized spacial score (nSPS) is 14.4. The molecule has 7 heteroatoms. The summed E-state index contributed by atoms with van der Waals surface area (Å²) in [5.74, 6) is -0.397. The van der Waals surface area contributed by atoms with E-state index in [0.717, 1.165) is 12.8 Å². The molecule has 1 aliphatic rings. The molecule has 1 saturated carbocycles. The number of amides is 1. The van der Waals surface area contributed by atoms with E-state index >= 15 is 0 Å². The number of H-pyrrole nitrogens is 1. The number of aromatic nitrogens is 2. The van der Waals surface area contributed by atoms with Crippen molar-refractivity contribution in [2.45, 2.75) is 38.1 Å². The molecule has 1 aliphatic carbocycles. The topological polar surface area (TPSA) is 74.8 Å². The highest BCUT2D eigenvalue weighted by Gasteiger charge is 2.27. The summed E-state index contributed by atoms with van der Waals surface area (Å²) in [5, 5.41) is 2.87. The Morgan fingerprint density at radius 3 is 2.57 bits per heavy atom. The van der Waals surface area contributed by atoms with Crippen LogP contribution in [0.15, 0.2) is 53.3 Å². The molecule has 1 atom stereocenters. The highest BCUT2D eigenvalue weighted by Crippen LogP contribution is 2.37. The first kappa shape index (κ1) is 19.9. The van der Waals surface area contributed by atoms with Gasteiger partial charge in [-0.1, -0.05) is 18.2 Å². The van der Waals surface area contributed by atoms with Gasteiger partial charge in [-0.3, -0.25) is 9.59 Å². The van der Waals surface area contributed by atoms with Crippen molar-refractivity contribution < 1.29 is 13.6 Å². The Morgan fingerprint density at radius 2 is 1.90 bits per heavy atom. The summed E-state index contributed by atoms with van der Waals surface area (Å²) in [4.78, 5) is 32.1. The van der Waals surface area contributed by atoms with Gasteiger partial charge >= 0.3 is 0 Å². The first-order chi connectivity index (χ1) is 14.4. The zero-order valence-electron chi connectivity index (χ0n) is 16.4. The third-order valence-electron chi connectivity index (χ3n) is 5.20. The number of hydrogen-bond acceptors (Lipinski definition) is 3. The smallest absolute Gasteiger partial charge is 0.251 e. The minimum atomic E-state index is -0.566. The van der Waals surface area contributed by atoms with Gasteiger partial charge in [0.05, 0.1) is 11.7 Å². The second-order valence-corrected chi connectivity index (χ2v) is 7.64. The van der Waals surface area contributed by atoms with Crippen LogP contribution in [0.1, 0.15) is 57.8 Å². The van der Waals surface area contributed by atoms with Crippen molar-refractivity contribution in [2.75, 3.05) is 0 Å². The quantitative estimate of drug-likeness (QED) is 0.647. The zero-order chi connectivity index (χ0) is 21.3. The molecule has 0 bridgehead atoms. The number of aromatic amines is 1. The van der Waals surface area contributed by atoms with Crippen molar-refractivity contribution in [3.8, 4) is 0 Å². The molecule has 0 aliphatic heterocycles. The molecule has 1 amide bonds. The first-order valence-electron chi connectivity index (χ1n) is 9.81. The standard InChI is InChI=1S/C23H21F2N3O2/c1-13-2-3-16(10-19(13)25)23(30)27-20(14-6-8-17(24)9-7-14)11-18-12-21(29)28-22(26-18)15-4-5-15/h2-3,6-10,12,15,20H,4-5,11H2,1H3,(H,27,30)(H,26,28,29)/t20-/m0/s1. The summed E-state index contributed by atoms with van der Waals surface area (Å²) in [6.07, 6.45) is 2.22. The summed E-state index contributed by atoms with van der Waals surface area (Å²) in [6.45, 7) is 1.62. The molecule has 0 unspecified atom stereocenters. The molecule has 30 heavy (non-hydrogen) atoms.